The number of aromatic nitrogens is 2. The van der Waals surface area contributed by atoms with Crippen molar-refractivity contribution >= 4 is 52.3 Å². The number of nitrogens with one attached hydrogen (secondary N) is 2. The molecule has 4 heterocycles. The van der Waals surface area contributed by atoms with Crippen molar-refractivity contribution in [1.29, 1.82) is 5.26 Å². The smallest absolute Gasteiger partial charge is 0.419 e. The molecular weight excluding hydrogens is 950 g/mol. The summed E-state index contributed by atoms with van der Waals surface area (Å²) in [6.45, 7) is 13.5. The highest BCUT2D eigenvalue weighted by Gasteiger charge is 2.51. The van der Waals surface area contributed by atoms with Gasteiger partial charge in [-0.3, -0.25) is 24.1 Å². The first-order valence-electron chi connectivity index (χ1n) is 23.6. The van der Waals surface area contributed by atoms with Crippen LogP contribution in [0.2, 0.25) is 0 Å². The molecular formula is C53H57F3N8O7S. The number of rotatable bonds is 17. The van der Waals surface area contributed by atoms with Gasteiger partial charge in [-0.05, 0) is 118 Å². The number of nitrogens with zero attached hydrogens (tertiary/aromatic N) is 6. The molecule has 3 aromatic carbocycles. The molecule has 2 saturated heterocycles. The summed E-state index contributed by atoms with van der Waals surface area (Å²) in [6, 6.07) is 22.7. The standard InChI is InChI=1S/C53H57F3N8O7S/c1-32(34-12-14-37(15-13-34)45-33(2)59-31-71-45)60-47(66)43-11-10-24-62(43)48(67)46(51(3,4)5)61-44(65)30-69-25-8-9-26-70-40-22-18-36(19-23-40)35-16-20-38(21-17-35)64-50(72)63(49(68)52(64,6)7)39-27-41(53(54,55)56)42(28-57)58-29-39/h12-23,27,29,31-32,43,46H,8-11,24-26,30H2,1-7H3,(H,60,66)(H,61,65)/t32-,43-,46?/m0/s1. The number of halogens is 3. The van der Waals surface area contributed by atoms with Crippen LogP contribution in [0.15, 0.2) is 95.9 Å². The first kappa shape index (κ1) is 52.6. The molecule has 0 bridgehead atoms. The molecule has 2 fully saturated rings. The molecule has 3 atom stereocenters. The summed E-state index contributed by atoms with van der Waals surface area (Å²) in [4.78, 5) is 66.3. The molecule has 0 radical (unpaired) electrons. The Kier molecular flexibility index (Phi) is 15.8. The van der Waals surface area contributed by atoms with Gasteiger partial charge in [-0.15, -0.1) is 0 Å². The van der Waals surface area contributed by atoms with Gasteiger partial charge in [-0.2, -0.15) is 18.4 Å². The number of hydrogen-bond donors (Lipinski definition) is 2. The van der Waals surface area contributed by atoms with Crippen LogP contribution in [0, 0.1) is 23.7 Å². The Morgan fingerprint density at radius 2 is 1.57 bits per heavy atom. The van der Waals surface area contributed by atoms with Gasteiger partial charge in [0, 0.05) is 24.4 Å². The number of alkyl halides is 3. The van der Waals surface area contributed by atoms with E-state index in [2.05, 4.69) is 20.6 Å². The van der Waals surface area contributed by atoms with E-state index in [0.717, 1.165) is 39.0 Å². The van der Waals surface area contributed by atoms with Crippen LogP contribution in [0.3, 0.4) is 0 Å². The second-order valence-electron chi connectivity index (χ2n) is 19.4. The maximum atomic E-state index is 14.0. The Morgan fingerprint density at radius 1 is 0.931 bits per heavy atom. The summed E-state index contributed by atoms with van der Waals surface area (Å²) >= 11 is 5.65. The molecule has 4 amide bonds. The lowest BCUT2D eigenvalue weighted by molar-refractivity contribution is -0.144. The normalized spacial score (nSPS) is 16.6. The largest absolute Gasteiger partial charge is 0.494 e. The molecule has 2 aliphatic heterocycles. The minimum Gasteiger partial charge on any atom is -0.494 e. The van der Waals surface area contributed by atoms with Crippen LogP contribution in [-0.2, 0) is 30.1 Å². The fraction of sp³-hybridized carbons (Fsp3) is 0.396. The van der Waals surface area contributed by atoms with Crippen molar-refractivity contribution < 1.29 is 46.2 Å². The molecule has 72 heavy (non-hydrogen) atoms. The molecule has 2 N–H and O–H groups in total. The van der Waals surface area contributed by atoms with Crippen molar-refractivity contribution in [1.82, 2.24) is 25.5 Å². The number of likely N-dealkylation sites (tertiary alicyclic amines) is 1. The molecule has 0 saturated carbocycles. The zero-order valence-electron chi connectivity index (χ0n) is 41.1. The SMILES string of the molecule is Cc1ncoc1-c1ccc([C@H](C)NC(=O)[C@@H]2CCCN2C(=O)C(NC(=O)COCCCCOc2ccc(-c3ccc(N4C(=S)N(c5cnc(C#N)c(C(F)(F)F)c5)C(=O)C4(C)C)cc3)cc2)C(C)(C)C)cc1. The molecule has 5 aromatic rings. The van der Waals surface area contributed by atoms with Crippen molar-refractivity contribution in [2.45, 2.75) is 104 Å². The number of carbonyl (C=O) groups is 4. The van der Waals surface area contributed by atoms with Gasteiger partial charge in [0.05, 0.1) is 35.8 Å². The second kappa shape index (κ2) is 21.7. The molecule has 2 aromatic heterocycles. The van der Waals surface area contributed by atoms with E-state index in [1.165, 1.54) is 12.5 Å². The van der Waals surface area contributed by atoms with E-state index in [0.29, 0.717) is 68.7 Å². The van der Waals surface area contributed by atoms with E-state index in [-0.39, 0.29) is 35.3 Å². The number of ether oxygens (including phenoxy) is 2. The van der Waals surface area contributed by atoms with E-state index in [4.69, 9.17) is 26.1 Å². The van der Waals surface area contributed by atoms with Gasteiger partial charge in [-0.1, -0.05) is 69.3 Å². The molecule has 0 aliphatic carbocycles. The van der Waals surface area contributed by atoms with Crippen LogP contribution < -0.4 is 25.2 Å². The zero-order valence-corrected chi connectivity index (χ0v) is 41.9. The fourth-order valence-electron chi connectivity index (χ4n) is 8.76. The van der Waals surface area contributed by atoms with E-state index in [1.54, 1.807) is 35.8 Å². The Balaban J connectivity index is 0.839. The van der Waals surface area contributed by atoms with Crippen molar-refractivity contribution in [3.63, 3.8) is 0 Å². The minimum absolute atomic E-state index is 0.0322. The number of hydrogen-bond acceptors (Lipinski definition) is 11. The third-order valence-corrected chi connectivity index (χ3v) is 13.1. The molecule has 19 heteroatoms. The molecule has 1 unspecified atom stereocenters. The average Bonchev–Trinajstić information content (AvgIpc) is 4.06. The number of oxazole rings is 1. The first-order chi connectivity index (χ1) is 34.1. The van der Waals surface area contributed by atoms with Gasteiger partial charge in [0.25, 0.3) is 5.91 Å². The second-order valence-corrected chi connectivity index (χ2v) is 19.7. The quantitative estimate of drug-likeness (QED) is 0.0667. The summed E-state index contributed by atoms with van der Waals surface area (Å²) < 4.78 is 58.3. The van der Waals surface area contributed by atoms with Gasteiger partial charge in [0.15, 0.2) is 23.0 Å². The third-order valence-electron chi connectivity index (χ3n) is 12.7. The fourth-order valence-corrected chi connectivity index (χ4v) is 9.28. The van der Waals surface area contributed by atoms with Gasteiger partial charge in [-0.25, -0.2) is 9.97 Å². The third kappa shape index (κ3) is 11.6. The van der Waals surface area contributed by atoms with E-state index in [9.17, 15) is 37.6 Å². The number of aryl methyl sites for hydroxylation is 1. The predicted octanol–water partition coefficient (Wildman–Crippen LogP) is 9.09. The number of carbonyl (C=O) groups excluding carboxylic acids is 4. The lowest BCUT2D eigenvalue weighted by Crippen LogP contribution is -2.58. The zero-order chi connectivity index (χ0) is 52.1. The van der Waals surface area contributed by atoms with E-state index >= 15 is 0 Å². The number of nitriles is 1. The minimum atomic E-state index is -4.86. The first-order valence-corrected chi connectivity index (χ1v) is 24.0. The Bertz CT molecular complexity index is 2840. The summed E-state index contributed by atoms with van der Waals surface area (Å²) in [5.74, 6) is -0.203. The summed E-state index contributed by atoms with van der Waals surface area (Å²) in [7, 11) is 0. The number of unbranched alkanes of at least 4 members (excludes halogenated alkanes) is 1. The lowest BCUT2D eigenvalue weighted by atomic mass is 9.85. The summed E-state index contributed by atoms with van der Waals surface area (Å²) in [5, 5.41) is 15.1. The van der Waals surface area contributed by atoms with Crippen molar-refractivity contribution in [2.24, 2.45) is 5.41 Å². The van der Waals surface area contributed by atoms with Crippen LogP contribution in [-0.4, -0.2) is 87.6 Å². The van der Waals surface area contributed by atoms with Crippen LogP contribution in [0.4, 0.5) is 24.5 Å². The summed E-state index contributed by atoms with van der Waals surface area (Å²) in [6.07, 6.45) is 0.0198. The maximum absolute atomic E-state index is 14.0. The average molecular weight is 1010 g/mol. The Labute approximate surface area is 421 Å². The molecule has 7 rings (SSSR count). The number of amides is 4. The van der Waals surface area contributed by atoms with Crippen LogP contribution in [0.25, 0.3) is 22.5 Å². The van der Waals surface area contributed by atoms with Crippen molar-refractivity contribution in [2.75, 3.05) is 36.2 Å². The highest BCUT2D eigenvalue weighted by atomic mass is 32.1. The number of benzene rings is 3. The summed E-state index contributed by atoms with van der Waals surface area (Å²) in [5.41, 5.74) is 0.705. The number of thiocarbonyl (C=S) groups is 1. The highest BCUT2D eigenvalue weighted by molar-refractivity contribution is 7.81. The monoisotopic (exact) mass is 1010 g/mol. The van der Waals surface area contributed by atoms with Gasteiger partial charge >= 0.3 is 6.18 Å². The van der Waals surface area contributed by atoms with E-state index in [1.807, 2.05) is 95.3 Å². The van der Waals surface area contributed by atoms with Crippen molar-refractivity contribution in [3.05, 3.63) is 114 Å². The van der Waals surface area contributed by atoms with Gasteiger partial charge < -0.3 is 34.3 Å². The molecule has 378 valence electrons. The van der Waals surface area contributed by atoms with E-state index < -0.39 is 52.3 Å². The topological polar surface area (TPSA) is 183 Å². The lowest BCUT2D eigenvalue weighted by Gasteiger charge is -2.35. The van der Waals surface area contributed by atoms with Crippen LogP contribution in [0.1, 0.15) is 95.8 Å². The van der Waals surface area contributed by atoms with Gasteiger partial charge in [0.1, 0.15) is 36.0 Å². The molecule has 15 nitrogen and oxygen atoms in total. The number of anilines is 2. The number of pyridine rings is 1. The molecule has 0 spiro atoms. The van der Waals surface area contributed by atoms with Crippen LogP contribution >= 0.6 is 12.2 Å². The molecule has 2 aliphatic rings. The Hall–Kier alpha value is -7.17. The predicted molar refractivity (Wildman–Crippen MR) is 267 cm³/mol. The Morgan fingerprint density at radius 3 is 2.18 bits per heavy atom. The van der Waals surface area contributed by atoms with Gasteiger partial charge in [0.2, 0.25) is 17.7 Å². The van der Waals surface area contributed by atoms with Crippen LogP contribution in [0.5, 0.6) is 5.75 Å². The maximum Gasteiger partial charge on any atom is 0.419 e. The van der Waals surface area contributed by atoms with Crippen molar-refractivity contribution in [3.8, 4) is 34.3 Å². The highest BCUT2D eigenvalue weighted by Crippen LogP contribution is 2.40.